The fourth-order valence-electron chi connectivity index (χ4n) is 3.22. The van der Waals surface area contributed by atoms with Crippen LogP contribution in [0.3, 0.4) is 0 Å². The second kappa shape index (κ2) is 8.67. The lowest BCUT2D eigenvalue weighted by Crippen LogP contribution is -2.32. The minimum atomic E-state index is -0.614. The zero-order chi connectivity index (χ0) is 20.9. The highest BCUT2D eigenvalue weighted by atomic mass is 16.5. The van der Waals surface area contributed by atoms with Gasteiger partial charge >= 0.3 is 0 Å². The van der Waals surface area contributed by atoms with Crippen molar-refractivity contribution in [2.75, 3.05) is 13.2 Å². The van der Waals surface area contributed by atoms with Crippen molar-refractivity contribution in [2.45, 2.75) is 6.54 Å². The topological polar surface area (TPSA) is 88.1 Å². The average molecular weight is 404 g/mol. The Kier molecular flexibility index (Phi) is 5.63. The summed E-state index contributed by atoms with van der Waals surface area (Å²) in [4.78, 5) is 26.3. The fraction of sp³-hybridized carbons (Fsp3) is 0.130. The van der Waals surface area contributed by atoms with Crippen molar-refractivity contribution in [3.63, 3.8) is 0 Å². The number of benzene rings is 3. The second-order valence-electron chi connectivity index (χ2n) is 6.78. The maximum absolute atomic E-state index is 13.0. The van der Waals surface area contributed by atoms with Gasteiger partial charge < -0.3 is 14.4 Å². The Morgan fingerprint density at radius 2 is 1.63 bits per heavy atom. The van der Waals surface area contributed by atoms with E-state index in [1.54, 1.807) is 52.8 Å². The van der Waals surface area contributed by atoms with Crippen LogP contribution in [0.4, 0.5) is 0 Å². The number of carbonyl (C=O) groups is 2. The number of carbonyl (C=O) groups excluding carboxylic acids is 2. The molecule has 0 aromatic heterocycles. The van der Waals surface area contributed by atoms with E-state index in [2.05, 4.69) is 0 Å². The third-order valence-corrected chi connectivity index (χ3v) is 4.78. The number of hydrogen-bond donors (Lipinski definition) is 2. The lowest BCUT2D eigenvalue weighted by molar-refractivity contribution is 0.0705. The van der Waals surface area contributed by atoms with E-state index in [0.717, 1.165) is 11.3 Å². The number of ether oxygens (including phenoxy) is 2. The van der Waals surface area contributed by atoms with Gasteiger partial charge in [-0.25, -0.2) is 5.48 Å². The third-order valence-electron chi connectivity index (χ3n) is 4.78. The summed E-state index contributed by atoms with van der Waals surface area (Å²) in [5.41, 5.74) is 3.23. The van der Waals surface area contributed by atoms with Gasteiger partial charge in [0, 0.05) is 23.2 Å². The maximum Gasteiger partial charge on any atom is 0.274 e. The molecular weight excluding hydrogens is 384 g/mol. The van der Waals surface area contributed by atoms with Crippen molar-refractivity contribution in [3.05, 3.63) is 89.5 Å². The first-order valence-corrected chi connectivity index (χ1v) is 9.46. The highest BCUT2D eigenvalue weighted by molar-refractivity contribution is 5.95. The van der Waals surface area contributed by atoms with Crippen LogP contribution in [-0.4, -0.2) is 35.1 Å². The lowest BCUT2D eigenvalue weighted by atomic mass is 10.1. The highest BCUT2D eigenvalue weighted by Crippen LogP contribution is 2.26. The number of amides is 2. The van der Waals surface area contributed by atoms with Crippen molar-refractivity contribution in [1.82, 2.24) is 10.4 Å². The summed E-state index contributed by atoms with van der Waals surface area (Å²) in [5, 5.41) is 8.79. The minimum absolute atomic E-state index is 0.116. The number of fused-ring (bicyclic) bond motifs is 1. The standard InChI is InChI=1S/C23H20N2O5/c26-22(24-28)17-6-7-18-15-25(12-13-29-21(18)14-17)23(27)16-8-10-20(11-9-16)30-19-4-2-1-3-5-19/h1-11,14,28H,12-13,15H2,(H,24,26). The molecule has 30 heavy (non-hydrogen) atoms. The van der Waals surface area contributed by atoms with E-state index in [9.17, 15) is 9.59 Å². The van der Waals surface area contributed by atoms with Gasteiger partial charge in [0.15, 0.2) is 0 Å². The molecule has 0 aliphatic carbocycles. The van der Waals surface area contributed by atoms with E-state index in [1.165, 1.54) is 0 Å². The smallest absolute Gasteiger partial charge is 0.274 e. The SMILES string of the molecule is O=C(NO)c1ccc2c(c1)OCCN(C(=O)c1ccc(Oc3ccccc3)cc1)C2. The van der Waals surface area contributed by atoms with Crippen molar-refractivity contribution < 1.29 is 24.3 Å². The first kappa shape index (κ1) is 19.5. The Morgan fingerprint density at radius 1 is 0.933 bits per heavy atom. The van der Waals surface area contributed by atoms with Crippen LogP contribution < -0.4 is 15.0 Å². The molecule has 0 saturated carbocycles. The monoisotopic (exact) mass is 404 g/mol. The molecule has 7 nitrogen and oxygen atoms in total. The lowest BCUT2D eigenvalue weighted by Gasteiger charge is -2.20. The number of hydrogen-bond acceptors (Lipinski definition) is 5. The maximum atomic E-state index is 13.0. The predicted octanol–water partition coefficient (Wildman–Crippen LogP) is 3.63. The van der Waals surface area contributed by atoms with Crippen LogP contribution in [0, 0.1) is 0 Å². The molecule has 0 radical (unpaired) electrons. The van der Waals surface area contributed by atoms with Gasteiger partial charge in [-0.2, -0.15) is 0 Å². The molecule has 0 saturated heterocycles. The molecule has 1 aliphatic heterocycles. The van der Waals surface area contributed by atoms with Gasteiger partial charge in [0.1, 0.15) is 23.9 Å². The van der Waals surface area contributed by atoms with Crippen molar-refractivity contribution in [1.29, 1.82) is 0 Å². The summed E-state index contributed by atoms with van der Waals surface area (Å²) < 4.78 is 11.5. The average Bonchev–Trinajstić information content (AvgIpc) is 3.01. The third kappa shape index (κ3) is 4.26. The van der Waals surface area contributed by atoms with Gasteiger partial charge in [0.25, 0.3) is 11.8 Å². The molecule has 0 unspecified atom stereocenters. The number of rotatable bonds is 4. The van der Waals surface area contributed by atoms with Gasteiger partial charge in [-0.1, -0.05) is 24.3 Å². The van der Waals surface area contributed by atoms with E-state index < -0.39 is 5.91 Å². The summed E-state index contributed by atoms with van der Waals surface area (Å²) in [6, 6.07) is 21.3. The molecule has 3 aromatic carbocycles. The van der Waals surface area contributed by atoms with Crippen LogP contribution in [0.5, 0.6) is 17.2 Å². The molecule has 0 spiro atoms. The molecule has 3 aromatic rings. The normalized spacial score (nSPS) is 12.9. The van der Waals surface area contributed by atoms with E-state index in [4.69, 9.17) is 14.7 Å². The first-order valence-electron chi connectivity index (χ1n) is 9.46. The fourth-order valence-corrected chi connectivity index (χ4v) is 3.22. The van der Waals surface area contributed by atoms with Gasteiger partial charge in [0.2, 0.25) is 0 Å². The molecule has 2 N–H and O–H groups in total. The van der Waals surface area contributed by atoms with Crippen LogP contribution in [0.2, 0.25) is 0 Å². The summed E-state index contributed by atoms with van der Waals surface area (Å²) in [6.07, 6.45) is 0. The molecule has 0 fully saturated rings. The predicted molar refractivity (Wildman–Crippen MR) is 109 cm³/mol. The van der Waals surface area contributed by atoms with Gasteiger partial charge in [0.05, 0.1) is 6.54 Å². The summed E-state index contributed by atoms with van der Waals surface area (Å²) >= 11 is 0. The molecule has 152 valence electrons. The molecule has 7 heteroatoms. The number of hydroxylamine groups is 1. The number of para-hydroxylation sites is 1. The van der Waals surface area contributed by atoms with Gasteiger partial charge in [-0.15, -0.1) is 0 Å². The molecule has 1 heterocycles. The summed E-state index contributed by atoms with van der Waals surface area (Å²) in [5.74, 6) is 1.17. The largest absolute Gasteiger partial charge is 0.491 e. The molecule has 0 atom stereocenters. The van der Waals surface area contributed by atoms with Crippen molar-refractivity contribution >= 4 is 11.8 Å². The molecule has 2 amide bonds. The first-order chi connectivity index (χ1) is 14.6. The molecule has 1 aliphatic rings. The van der Waals surface area contributed by atoms with E-state index in [0.29, 0.717) is 36.8 Å². The summed E-state index contributed by atoms with van der Waals surface area (Å²) in [7, 11) is 0. The van der Waals surface area contributed by atoms with E-state index >= 15 is 0 Å². The Labute approximate surface area is 173 Å². The van der Waals surface area contributed by atoms with Gasteiger partial charge in [-0.3, -0.25) is 14.8 Å². The van der Waals surface area contributed by atoms with Crippen LogP contribution in [0.25, 0.3) is 0 Å². The van der Waals surface area contributed by atoms with E-state index in [1.807, 2.05) is 30.3 Å². The zero-order valence-electron chi connectivity index (χ0n) is 16.1. The van der Waals surface area contributed by atoms with Crippen LogP contribution in [0.15, 0.2) is 72.8 Å². The van der Waals surface area contributed by atoms with Crippen LogP contribution in [0.1, 0.15) is 26.3 Å². The highest BCUT2D eigenvalue weighted by Gasteiger charge is 2.22. The molecule has 0 bridgehead atoms. The Morgan fingerprint density at radius 3 is 2.37 bits per heavy atom. The van der Waals surface area contributed by atoms with E-state index in [-0.39, 0.29) is 11.5 Å². The second-order valence-corrected chi connectivity index (χ2v) is 6.78. The Balaban J connectivity index is 1.47. The minimum Gasteiger partial charge on any atom is -0.491 e. The van der Waals surface area contributed by atoms with Crippen LogP contribution in [-0.2, 0) is 6.54 Å². The van der Waals surface area contributed by atoms with Crippen LogP contribution >= 0.6 is 0 Å². The van der Waals surface area contributed by atoms with Crippen molar-refractivity contribution in [3.8, 4) is 17.2 Å². The zero-order valence-corrected chi connectivity index (χ0v) is 16.1. The van der Waals surface area contributed by atoms with Gasteiger partial charge in [-0.05, 0) is 48.5 Å². The molecule has 4 rings (SSSR count). The summed E-state index contributed by atoms with van der Waals surface area (Å²) in [6.45, 7) is 1.08. The number of nitrogens with one attached hydrogen (secondary N) is 1. The quantitative estimate of drug-likeness (QED) is 0.512. The van der Waals surface area contributed by atoms with Crippen molar-refractivity contribution in [2.24, 2.45) is 0 Å². The Hall–Kier alpha value is -3.84. The Bertz CT molecular complexity index is 1050. The number of nitrogens with zero attached hydrogens (tertiary/aromatic N) is 1. The molecular formula is C23H20N2O5.